The summed E-state index contributed by atoms with van der Waals surface area (Å²) in [6.07, 6.45) is 1.02. The maximum absolute atomic E-state index is 13.7. The number of likely N-dealkylation sites (tertiary alicyclic amines) is 1. The van der Waals surface area contributed by atoms with Crippen LogP contribution < -0.4 is 10.6 Å². The first-order valence-corrected chi connectivity index (χ1v) is 11.4. The molecule has 4 rings (SSSR count). The fourth-order valence-corrected chi connectivity index (χ4v) is 4.40. The molecule has 2 aliphatic rings. The van der Waals surface area contributed by atoms with Crippen molar-refractivity contribution in [2.24, 2.45) is 5.92 Å². The van der Waals surface area contributed by atoms with Gasteiger partial charge in [0.2, 0.25) is 5.91 Å². The average molecular weight is 499 g/mol. The molecule has 1 unspecified atom stereocenters. The number of hydrogen-bond acceptors (Lipinski definition) is 5. The Morgan fingerprint density at radius 2 is 2.03 bits per heavy atom. The summed E-state index contributed by atoms with van der Waals surface area (Å²) in [5.41, 5.74) is 3.39. The number of aryl methyl sites for hydroxylation is 1. The quantitative estimate of drug-likeness (QED) is 0.410. The van der Waals surface area contributed by atoms with Gasteiger partial charge < -0.3 is 30.4 Å². The van der Waals surface area contributed by atoms with Crippen LogP contribution in [0, 0.1) is 25.6 Å². The van der Waals surface area contributed by atoms with Crippen molar-refractivity contribution in [1.82, 2.24) is 15.2 Å². The number of carbonyl (C=O) groups is 4. The SMILES string of the molecule is COC(CNC(=O)c1c(C)[nH]c(/C=C2\C(=O)Nc3ccc(F)cc32)c1C)CC(=O)N1CC(C(=O)O)C1. The van der Waals surface area contributed by atoms with Gasteiger partial charge in [0, 0.05) is 49.4 Å². The molecule has 0 aliphatic carbocycles. The molecule has 3 heterocycles. The van der Waals surface area contributed by atoms with Gasteiger partial charge in [0.05, 0.1) is 29.6 Å². The van der Waals surface area contributed by atoms with Crippen molar-refractivity contribution in [3.63, 3.8) is 0 Å². The number of carboxylic acids is 1. The van der Waals surface area contributed by atoms with Gasteiger partial charge in [-0.1, -0.05) is 0 Å². The summed E-state index contributed by atoms with van der Waals surface area (Å²) in [6.45, 7) is 3.89. The number of nitrogens with zero attached hydrogens (tertiary/aromatic N) is 1. The van der Waals surface area contributed by atoms with E-state index in [2.05, 4.69) is 15.6 Å². The van der Waals surface area contributed by atoms with E-state index in [-0.39, 0.29) is 49.3 Å². The molecule has 2 aromatic rings. The third-order valence-electron chi connectivity index (χ3n) is 6.57. The van der Waals surface area contributed by atoms with Crippen LogP contribution in [0.15, 0.2) is 18.2 Å². The molecule has 1 aromatic heterocycles. The number of hydrogen-bond donors (Lipinski definition) is 4. The van der Waals surface area contributed by atoms with Crippen LogP contribution in [0.3, 0.4) is 0 Å². The summed E-state index contributed by atoms with van der Waals surface area (Å²) in [4.78, 5) is 53.3. The van der Waals surface area contributed by atoms with Gasteiger partial charge in [-0.3, -0.25) is 19.2 Å². The Bertz CT molecular complexity index is 1280. The molecule has 1 saturated heterocycles. The van der Waals surface area contributed by atoms with Crippen molar-refractivity contribution < 1.29 is 33.4 Å². The Balaban J connectivity index is 1.42. The maximum atomic E-state index is 13.7. The summed E-state index contributed by atoms with van der Waals surface area (Å²) < 4.78 is 19.1. The highest BCUT2D eigenvalue weighted by Crippen LogP contribution is 2.34. The molecule has 4 N–H and O–H groups in total. The van der Waals surface area contributed by atoms with Crippen LogP contribution in [0.1, 0.15) is 39.3 Å². The molecular formula is C25H27FN4O6. The molecule has 190 valence electrons. The highest BCUT2D eigenvalue weighted by Gasteiger charge is 2.36. The van der Waals surface area contributed by atoms with Crippen molar-refractivity contribution in [2.45, 2.75) is 26.4 Å². The Labute approximate surface area is 206 Å². The van der Waals surface area contributed by atoms with Crippen LogP contribution >= 0.6 is 0 Å². The van der Waals surface area contributed by atoms with E-state index in [0.29, 0.717) is 33.8 Å². The average Bonchev–Trinajstić information content (AvgIpc) is 3.24. The molecule has 1 aromatic carbocycles. The minimum Gasteiger partial charge on any atom is -0.481 e. The van der Waals surface area contributed by atoms with Gasteiger partial charge in [0.25, 0.3) is 11.8 Å². The number of H-pyrrole nitrogens is 1. The number of carbonyl (C=O) groups excluding carboxylic acids is 3. The second-order valence-electron chi connectivity index (χ2n) is 8.97. The lowest BCUT2D eigenvalue weighted by Crippen LogP contribution is -2.54. The monoisotopic (exact) mass is 498 g/mol. The molecule has 0 spiro atoms. The molecular weight excluding hydrogens is 471 g/mol. The van der Waals surface area contributed by atoms with E-state index in [1.54, 1.807) is 19.9 Å². The minimum absolute atomic E-state index is 0.0106. The Morgan fingerprint density at radius 3 is 2.69 bits per heavy atom. The van der Waals surface area contributed by atoms with Crippen molar-refractivity contribution in [3.8, 4) is 0 Å². The standard InChI is InChI=1S/C25H27FN4O6/c1-12-20(8-18-17-6-15(26)4-5-19(17)29-23(18)32)28-13(2)22(12)24(33)27-9-16(36-3)7-21(31)30-10-14(11-30)25(34)35/h4-6,8,14,16,28H,7,9-11H2,1-3H3,(H,27,33)(H,29,32)(H,34,35)/b18-8-. The number of rotatable bonds is 8. The van der Waals surface area contributed by atoms with Crippen LogP contribution in [0.4, 0.5) is 10.1 Å². The van der Waals surface area contributed by atoms with E-state index in [0.717, 1.165) is 0 Å². The number of aromatic nitrogens is 1. The Kier molecular flexibility index (Phi) is 6.93. The molecule has 1 atom stereocenters. The van der Waals surface area contributed by atoms with E-state index in [1.165, 1.54) is 30.2 Å². The number of methoxy groups -OCH3 is 1. The second kappa shape index (κ2) is 9.94. The summed E-state index contributed by atoms with van der Waals surface area (Å²) in [5, 5.41) is 14.4. The van der Waals surface area contributed by atoms with Gasteiger partial charge in [0.1, 0.15) is 5.82 Å². The number of aliphatic carboxylic acids is 1. The number of halogens is 1. The predicted molar refractivity (Wildman–Crippen MR) is 129 cm³/mol. The molecule has 0 radical (unpaired) electrons. The molecule has 0 saturated carbocycles. The maximum Gasteiger partial charge on any atom is 0.310 e. The van der Waals surface area contributed by atoms with Gasteiger partial charge in [-0.25, -0.2) is 4.39 Å². The number of nitrogens with one attached hydrogen (secondary N) is 3. The van der Waals surface area contributed by atoms with E-state index in [4.69, 9.17) is 9.84 Å². The number of aromatic amines is 1. The summed E-state index contributed by atoms with van der Waals surface area (Å²) in [5.74, 6) is -2.90. The van der Waals surface area contributed by atoms with Gasteiger partial charge in [0.15, 0.2) is 0 Å². The van der Waals surface area contributed by atoms with E-state index < -0.39 is 23.8 Å². The highest BCUT2D eigenvalue weighted by molar-refractivity contribution is 6.34. The third kappa shape index (κ3) is 4.87. The first-order valence-electron chi connectivity index (χ1n) is 11.4. The van der Waals surface area contributed by atoms with E-state index in [9.17, 15) is 23.6 Å². The smallest absolute Gasteiger partial charge is 0.310 e. The molecule has 0 bridgehead atoms. The Hall–Kier alpha value is -3.99. The summed E-state index contributed by atoms with van der Waals surface area (Å²) >= 11 is 0. The number of anilines is 1. The van der Waals surface area contributed by atoms with Crippen molar-refractivity contribution in [1.29, 1.82) is 0 Å². The molecule has 1 fully saturated rings. The zero-order valence-corrected chi connectivity index (χ0v) is 20.1. The van der Waals surface area contributed by atoms with Crippen molar-refractivity contribution >= 4 is 41.0 Å². The largest absolute Gasteiger partial charge is 0.481 e. The molecule has 11 heteroatoms. The lowest BCUT2D eigenvalue weighted by molar-refractivity contribution is -0.153. The Morgan fingerprint density at radius 1 is 1.31 bits per heavy atom. The topological polar surface area (TPSA) is 141 Å². The third-order valence-corrected chi connectivity index (χ3v) is 6.57. The van der Waals surface area contributed by atoms with E-state index >= 15 is 0 Å². The van der Waals surface area contributed by atoms with Gasteiger partial charge in [-0.2, -0.15) is 0 Å². The molecule has 36 heavy (non-hydrogen) atoms. The van der Waals surface area contributed by atoms with Crippen LogP contribution in [0.25, 0.3) is 11.6 Å². The van der Waals surface area contributed by atoms with Gasteiger partial charge in [-0.05, 0) is 43.7 Å². The predicted octanol–water partition coefficient (Wildman–Crippen LogP) is 1.94. The summed E-state index contributed by atoms with van der Waals surface area (Å²) in [6, 6.07) is 4.05. The zero-order valence-electron chi connectivity index (χ0n) is 20.1. The normalized spacial score (nSPS) is 16.9. The number of fused-ring (bicyclic) bond motifs is 1. The van der Waals surface area contributed by atoms with Crippen LogP contribution in [-0.2, 0) is 19.1 Å². The number of ether oxygens (including phenoxy) is 1. The fourth-order valence-electron chi connectivity index (χ4n) is 4.40. The zero-order chi connectivity index (χ0) is 26.1. The summed E-state index contributed by atoms with van der Waals surface area (Å²) in [7, 11) is 1.44. The minimum atomic E-state index is -0.924. The van der Waals surface area contributed by atoms with Crippen LogP contribution in [-0.4, -0.2) is 71.5 Å². The molecule has 2 aliphatic heterocycles. The van der Waals surface area contributed by atoms with Gasteiger partial charge in [-0.15, -0.1) is 0 Å². The highest BCUT2D eigenvalue weighted by atomic mass is 19.1. The van der Waals surface area contributed by atoms with Gasteiger partial charge >= 0.3 is 5.97 Å². The lowest BCUT2D eigenvalue weighted by atomic mass is 9.99. The lowest BCUT2D eigenvalue weighted by Gasteiger charge is -2.37. The second-order valence-corrected chi connectivity index (χ2v) is 8.97. The first kappa shape index (κ1) is 25.1. The molecule has 3 amide bonds. The number of carboxylic acid groups (broad SMARTS) is 1. The van der Waals surface area contributed by atoms with Crippen molar-refractivity contribution in [3.05, 3.63) is 52.1 Å². The van der Waals surface area contributed by atoms with Crippen molar-refractivity contribution in [2.75, 3.05) is 32.1 Å². The number of amides is 3. The fraction of sp³-hybridized carbons (Fsp3) is 0.360. The van der Waals surface area contributed by atoms with Crippen LogP contribution in [0.2, 0.25) is 0 Å². The van der Waals surface area contributed by atoms with E-state index in [1.807, 2.05) is 0 Å². The first-order chi connectivity index (χ1) is 17.1. The molecule has 10 nitrogen and oxygen atoms in total. The van der Waals surface area contributed by atoms with Crippen LogP contribution in [0.5, 0.6) is 0 Å². The number of benzene rings is 1.